The zero-order valence-corrected chi connectivity index (χ0v) is 11.5. The molecule has 1 aromatic heterocycles. The van der Waals surface area contributed by atoms with Crippen LogP contribution in [-0.4, -0.2) is 4.98 Å². The number of nitrogens with one attached hydrogen (secondary N) is 1. The summed E-state index contributed by atoms with van der Waals surface area (Å²) < 4.78 is 14.7. The Morgan fingerprint density at radius 3 is 2.74 bits per heavy atom. The lowest BCUT2D eigenvalue weighted by Gasteiger charge is -2.10. The normalized spacial score (nSPS) is 10.6. The third-order valence-corrected chi connectivity index (χ3v) is 3.32. The summed E-state index contributed by atoms with van der Waals surface area (Å²) >= 11 is 3.42. The number of nitrogens with zero attached hydrogens (tertiary/aromatic N) is 1. The number of hydrogen-bond acceptors (Lipinski definition) is 2. The van der Waals surface area contributed by atoms with Crippen LogP contribution in [0.15, 0.2) is 59.2 Å². The molecular weight excluding hydrogens is 307 g/mol. The van der Waals surface area contributed by atoms with Gasteiger partial charge < -0.3 is 5.32 Å². The van der Waals surface area contributed by atoms with Gasteiger partial charge in [-0.1, -0.05) is 34.1 Å². The van der Waals surface area contributed by atoms with Gasteiger partial charge in [0.2, 0.25) is 0 Å². The molecule has 0 aliphatic heterocycles. The second-order valence-corrected chi connectivity index (χ2v) is 5.05. The van der Waals surface area contributed by atoms with Crippen molar-refractivity contribution in [3.8, 4) is 0 Å². The molecule has 0 saturated heterocycles. The molecule has 0 radical (unpaired) electrons. The van der Waals surface area contributed by atoms with Gasteiger partial charge >= 0.3 is 0 Å². The van der Waals surface area contributed by atoms with Crippen LogP contribution in [0.5, 0.6) is 0 Å². The Bertz CT molecular complexity index is 743. The Kier molecular flexibility index (Phi) is 3.17. The highest BCUT2D eigenvalue weighted by Gasteiger charge is 2.06. The summed E-state index contributed by atoms with van der Waals surface area (Å²) in [5.41, 5.74) is 2.15. The molecule has 0 spiro atoms. The van der Waals surface area contributed by atoms with E-state index in [4.69, 9.17) is 0 Å². The lowest BCUT2D eigenvalue weighted by Crippen LogP contribution is -1.93. The number of anilines is 2. The number of pyridine rings is 1. The van der Waals surface area contributed by atoms with Crippen molar-refractivity contribution in [2.75, 3.05) is 5.32 Å². The molecule has 3 aromatic rings. The number of para-hydroxylation sites is 1. The van der Waals surface area contributed by atoms with Crippen LogP contribution in [0.3, 0.4) is 0 Å². The number of rotatable bonds is 2. The molecule has 0 unspecified atom stereocenters. The fraction of sp³-hybridized carbons (Fsp3) is 0. The van der Waals surface area contributed by atoms with Gasteiger partial charge in [0, 0.05) is 27.4 Å². The molecule has 2 aromatic carbocycles. The van der Waals surface area contributed by atoms with Crippen LogP contribution < -0.4 is 5.32 Å². The fourth-order valence-corrected chi connectivity index (χ4v) is 2.37. The Balaban J connectivity index is 2.08. The number of aromatic nitrogens is 1. The minimum absolute atomic E-state index is 0.310. The standard InChI is InChI=1S/C15H10BrFN2/c16-10-3-1-4-11(9-10)19-14-7-8-18-15-12(14)5-2-6-13(15)17/h1-9H,(H,18,19). The van der Waals surface area contributed by atoms with Crippen LogP contribution in [0.2, 0.25) is 0 Å². The number of halogens is 2. The maximum atomic E-state index is 13.7. The van der Waals surface area contributed by atoms with Crippen molar-refractivity contribution in [1.29, 1.82) is 0 Å². The summed E-state index contributed by atoms with van der Waals surface area (Å²) in [6, 6.07) is 14.6. The summed E-state index contributed by atoms with van der Waals surface area (Å²) in [5, 5.41) is 4.04. The Labute approximate surface area is 118 Å². The van der Waals surface area contributed by atoms with E-state index in [1.807, 2.05) is 36.4 Å². The van der Waals surface area contributed by atoms with Gasteiger partial charge in [0.1, 0.15) is 11.3 Å². The second-order valence-electron chi connectivity index (χ2n) is 4.13. The molecule has 19 heavy (non-hydrogen) atoms. The molecule has 0 amide bonds. The van der Waals surface area contributed by atoms with Crippen molar-refractivity contribution in [3.63, 3.8) is 0 Å². The van der Waals surface area contributed by atoms with E-state index in [0.717, 1.165) is 21.2 Å². The summed E-state index contributed by atoms with van der Waals surface area (Å²) in [6.07, 6.45) is 1.60. The quantitative estimate of drug-likeness (QED) is 0.728. The first-order valence-electron chi connectivity index (χ1n) is 5.80. The maximum Gasteiger partial charge on any atom is 0.149 e. The third-order valence-electron chi connectivity index (χ3n) is 2.83. The van der Waals surface area contributed by atoms with Gasteiger partial charge in [-0.15, -0.1) is 0 Å². The molecule has 0 bridgehead atoms. The van der Waals surface area contributed by atoms with Crippen molar-refractivity contribution in [1.82, 2.24) is 4.98 Å². The van der Waals surface area contributed by atoms with Crippen molar-refractivity contribution in [2.45, 2.75) is 0 Å². The molecule has 0 atom stereocenters. The summed E-state index contributed by atoms with van der Waals surface area (Å²) in [6.45, 7) is 0. The van der Waals surface area contributed by atoms with E-state index in [0.29, 0.717) is 5.52 Å². The molecular formula is C15H10BrFN2. The van der Waals surface area contributed by atoms with Gasteiger partial charge in [0.05, 0.1) is 0 Å². The molecule has 0 aliphatic carbocycles. The predicted molar refractivity (Wildman–Crippen MR) is 79.1 cm³/mol. The Morgan fingerprint density at radius 2 is 1.89 bits per heavy atom. The van der Waals surface area contributed by atoms with E-state index in [1.54, 1.807) is 12.3 Å². The van der Waals surface area contributed by atoms with Gasteiger partial charge in [-0.2, -0.15) is 0 Å². The number of benzene rings is 2. The lowest BCUT2D eigenvalue weighted by atomic mass is 10.1. The SMILES string of the molecule is Fc1cccc2c(Nc3cccc(Br)c3)ccnc12. The van der Waals surface area contributed by atoms with Crippen molar-refractivity contribution in [3.05, 3.63) is 65.0 Å². The molecule has 1 N–H and O–H groups in total. The molecule has 0 aliphatic rings. The van der Waals surface area contributed by atoms with Crippen LogP contribution in [0.4, 0.5) is 15.8 Å². The van der Waals surface area contributed by atoms with Crippen molar-refractivity contribution in [2.24, 2.45) is 0 Å². The predicted octanol–water partition coefficient (Wildman–Crippen LogP) is 4.88. The van der Waals surface area contributed by atoms with E-state index in [-0.39, 0.29) is 5.82 Å². The van der Waals surface area contributed by atoms with Crippen LogP contribution in [0, 0.1) is 5.82 Å². The van der Waals surface area contributed by atoms with Gasteiger partial charge in [-0.25, -0.2) is 4.39 Å². The lowest BCUT2D eigenvalue weighted by molar-refractivity contribution is 0.637. The summed E-state index contributed by atoms with van der Waals surface area (Å²) in [5.74, 6) is -0.310. The molecule has 4 heteroatoms. The van der Waals surface area contributed by atoms with Crippen molar-refractivity contribution < 1.29 is 4.39 Å². The van der Waals surface area contributed by atoms with Crippen molar-refractivity contribution >= 4 is 38.2 Å². The van der Waals surface area contributed by atoms with Gasteiger partial charge in [0.25, 0.3) is 0 Å². The molecule has 0 fully saturated rings. The summed E-state index contributed by atoms with van der Waals surface area (Å²) in [4.78, 5) is 4.08. The largest absolute Gasteiger partial charge is 0.355 e. The fourth-order valence-electron chi connectivity index (χ4n) is 1.97. The molecule has 2 nitrogen and oxygen atoms in total. The topological polar surface area (TPSA) is 24.9 Å². The molecule has 0 saturated carbocycles. The maximum absolute atomic E-state index is 13.7. The monoisotopic (exact) mass is 316 g/mol. The minimum atomic E-state index is -0.310. The Hall–Kier alpha value is -1.94. The van der Waals surface area contributed by atoms with Crippen LogP contribution in [0.1, 0.15) is 0 Å². The van der Waals surface area contributed by atoms with Gasteiger partial charge in [-0.05, 0) is 30.3 Å². The summed E-state index contributed by atoms with van der Waals surface area (Å²) in [7, 11) is 0. The van der Waals surface area contributed by atoms with E-state index >= 15 is 0 Å². The first kappa shape index (κ1) is 12.1. The zero-order valence-electron chi connectivity index (χ0n) is 9.90. The number of fused-ring (bicyclic) bond motifs is 1. The van der Waals surface area contributed by atoms with E-state index in [2.05, 4.69) is 26.2 Å². The average molecular weight is 317 g/mol. The van der Waals surface area contributed by atoms with Crippen LogP contribution in [0.25, 0.3) is 10.9 Å². The zero-order chi connectivity index (χ0) is 13.2. The van der Waals surface area contributed by atoms with Gasteiger partial charge in [0.15, 0.2) is 0 Å². The third kappa shape index (κ3) is 2.44. The van der Waals surface area contributed by atoms with E-state index in [1.165, 1.54) is 6.07 Å². The Morgan fingerprint density at radius 1 is 1.05 bits per heavy atom. The minimum Gasteiger partial charge on any atom is -0.355 e. The number of hydrogen-bond donors (Lipinski definition) is 1. The first-order chi connectivity index (χ1) is 9.24. The molecule has 3 rings (SSSR count). The molecule has 94 valence electrons. The van der Waals surface area contributed by atoms with Gasteiger partial charge in [-0.3, -0.25) is 4.98 Å². The van der Waals surface area contributed by atoms with Crippen LogP contribution in [-0.2, 0) is 0 Å². The average Bonchev–Trinajstić information content (AvgIpc) is 2.40. The van der Waals surface area contributed by atoms with E-state index in [9.17, 15) is 4.39 Å². The van der Waals surface area contributed by atoms with E-state index < -0.39 is 0 Å². The highest BCUT2D eigenvalue weighted by atomic mass is 79.9. The second kappa shape index (κ2) is 4.97. The van der Waals surface area contributed by atoms with Crippen LogP contribution >= 0.6 is 15.9 Å². The first-order valence-corrected chi connectivity index (χ1v) is 6.59. The highest BCUT2D eigenvalue weighted by Crippen LogP contribution is 2.27. The molecule has 1 heterocycles. The highest BCUT2D eigenvalue weighted by molar-refractivity contribution is 9.10. The smallest absolute Gasteiger partial charge is 0.149 e.